The Morgan fingerprint density at radius 2 is 2.00 bits per heavy atom. The molecule has 1 aromatic carbocycles. The summed E-state index contributed by atoms with van der Waals surface area (Å²) in [6.07, 6.45) is 1.73. The van der Waals surface area contributed by atoms with Gasteiger partial charge >= 0.3 is 0 Å². The fraction of sp³-hybridized carbons (Fsp3) is 0.533. The van der Waals surface area contributed by atoms with Gasteiger partial charge in [-0.1, -0.05) is 37.3 Å². The van der Waals surface area contributed by atoms with E-state index in [1.54, 1.807) is 0 Å². The topological polar surface area (TPSA) is 46.3 Å². The molecular formula is C15H22N2O. The summed E-state index contributed by atoms with van der Waals surface area (Å²) < 4.78 is 0. The lowest BCUT2D eigenvalue weighted by atomic mass is 9.82. The summed E-state index contributed by atoms with van der Waals surface area (Å²) in [4.78, 5) is 14.1. The van der Waals surface area contributed by atoms with Crippen LogP contribution in [0.15, 0.2) is 30.3 Å². The normalized spacial score (nSPS) is 28.5. The van der Waals surface area contributed by atoms with Gasteiger partial charge in [-0.3, -0.25) is 4.79 Å². The van der Waals surface area contributed by atoms with Crippen molar-refractivity contribution in [1.82, 2.24) is 4.90 Å². The smallest absolute Gasteiger partial charge is 0.239 e. The second-order valence-corrected chi connectivity index (χ2v) is 5.13. The van der Waals surface area contributed by atoms with Crippen molar-refractivity contribution in [3.63, 3.8) is 0 Å². The molecule has 98 valence electrons. The van der Waals surface area contributed by atoms with Crippen LogP contribution in [0.25, 0.3) is 0 Å². The van der Waals surface area contributed by atoms with Gasteiger partial charge in [-0.2, -0.15) is 0 Å². The Kier molecular flexibility index (Phi) is 4.02. The van der Waals surface area contributed by atoms with Gasteiger partial charge in [-0.15, -0.1) is 0 Å². The molecule has 0 unspecified atom stereocenters. The molecule has 3 nitrogen and oxygen atoms in total. The van der Waals surface area contributed by atoms with Crippen LogP contribution in [0, 0.1) is 0 Å². The second kappa shape index (κ2) is 5.53. The van der Waals surface area contributed by atoms with Crippen LogP contribution in [-0.4, -0.2) is 29.4 Å². The SMILES string of the molecule is CCCN1C(=O)[C@@H](N)C[C@@H](c2ccccc2)[C@H]1C. The number of carbonyl (C=O) groups is 1. The fourth-order valence-electron chi connectivity index (χ4n) is 2.87. The molecule has 18 heavy (non-hydrogen) atoms. The fourth-order valence-corrected chi connectivity index (χ4v) is 2.87. The van der Waals surface area contributed by atoms with Crippen molar-refractivity contribution in [3.8, 4) is 0 Å². The van der Waals surface area contributed by atoms with Gasteiger partial charge in [-0.25, -0.2) is 0 Å². The molecule has 1 heterocycles. The molecule has 0 bridgehead atoms. The molecule has 1 amide bonds. The third-order valence-corrected chi connectivity index (χ3v) is 3.87. The number of nitrogens with zero attached hydrogens (tertiary/aromatic N) is 1. The van der Waals surface area contributed by atoms with Gasteiger partial charge in [0.15, 0.2) is 0 Å². The van der Waals surface area contributed by atoms with Crippen molar-refractivity contribution in [2.24, 2.45) is 5.73 Å². The number of rotatable bonds is 3. The number of hydrogen-bond donors (Lipinski definition) is 1. The molecular weight excluding hydrogens is 224 g/mol. The lowest BCUT2D eigenvalue weighted by Crippen LogP contribution is -2.55. The van der Waals surface area contributed by atoms with Crippen molar-refractivity contribution in [2.75, 3.05) is 6.54 Å². The van der Waals surface area contributed by atoms with Crippen molar-refractivity contribution in [3.05, 3.63) is 35.9 Å². The lowest BCUT2D eigenvalue weighted by Gasteiger charge is -2.42. The Balaban J connectivity index is 2.24. The zero-order chi connectivity index (χ0) is 13.1. The number of amides is 1. The first-order chi connectivity index (χ1) is 8.65. The molecule has 2 N–H and O–H groups in total. The number of nitrogens with two attached hydrogens (primary N) is 1. The second-order valence-electron chi connectivity index (χ2n) is 5.13. The molecule has 0 radical (unpaired) electrons. The van der Waals surface area contributed by atoms with E-state index >= 15 is 0 Å². The van der Waals surface area contributed by atoms with E-state index in [9.17, 15) is 4.79 Å². The third-order valence-electron chi connectivity index (χ3n) is 3.87. The van der Waals surface area contributed by atoms with E-state index in [0.717, 1.165) is 19.4 Å². The summed E-state index contributed by atoms with van der Waals surface area (Å²) in [5.74, 6) is 0.460. The monoisotopic (exact) mass is 246 g/mol. The Hall–Kier alpha value is -1.35. The molecule has 0 aliphatic carbocycles. The minimum Gasteiger partial charge on any atom is -0.338 e. The number of carbonyl (C=O) groups excluding carboxylic acids is 1. The number of piperidine rings is 1. The van der Waals surface area contributed by atoms with Crippen LogP contribution in [0.3, 0.4) is 0 Å². The quantitative estimate of drug-likeness (QED) is 0.888. The highest BCUT2D eigenvalue weighted by molar-refractivity contribution is 5.83. The van der Waals surface area contributed by atoms with Crippen LogP contribution in [0.4, 0.5) is 0 Å². The zero-order valence-electron chi connectivity index (χ0n) is 11.2. The Bertz CT molecular complexity index is 404. The molecule has 1 fully saturated rings. The first kappa shape index (κ1) is 13.1. The maximum absolute atomic E-state index is 12.1. The maximum atomic E-state index is 12.1. The number of likely N-dealkylation sites (tertiary alicyclic amines) is 1. The third kappa shape index (κ3) is 2.41. The van der Waals surface area contributed by atoms with Crippen LogP contribution in [-0.2, 0) is 4.79 Å². The summed E-state index contributed by atoms with van der Waals surface area (Å²) in [6, 6.07) is 10.3. The molecule has 1 saturated heterocycles. The molecule has 0 saturated carbocycles. The van der Waals surface area contributed by atoms with E-state index in [4.69, 9.17) is 5.73 Å². The van der Waals surface area contributed by atoms with Gasteiger partial charge in [0, 0.05) is 18.5 Å². The van der Waals surface area contributed by atoms with E-state index in [1.165, 1.54) is 5.56 Å². The summed E-state index contributed by atoms with van der Waals surface area (Å²) in [5, 5.41) is 0. The van der Waals surface area contributed by atoms with E-state index in [1.807, 2.05) is 23.1 Å². The highest BCUT2D eigenvalue weighted by atomic mass is 16.2. The number of benzene rings is 1. The summed E-state index contributed by atoms with van der Waals surface area (Å²) >= 11 is 0. The predicted octanol–water partition coefficient (Wildman–Crippen LogP) is 2.13. The minimum absolute atomic E-state index is 0.108. The van der Waals surface area contributed by atoms with Crippen molar-refractivity contribution in [2.45, 2.75) is 44.7 Å². The molecule has 0 spiro atoms. The van der Waals surface area contributed by atoms with Crippen LogP contribution in [0.1, 0.15) is 38.2 Å². The number of hydrogen-bond acceptors (Lipinski definition) is 2. The van der Waals surface area contributed by atoms with Gasteiger partial charge in [0.05, 0.1) is 6.04 Å². The van der Waals surface area contributed by atoms with Gasteiger partial charge in [0.25, 0.3) is 0 Å². The lowest BCUT2D eigenvalue weighted by molar-refractivity contribution is -0.138. The largest absolute Gasteiger partial charge is 0.338 e. The first-order valence-electron chi connectivity index (χ1n) is 6.76. The van der Waals surface area contributed by atoms with E-state index in [2.05, 4.69) is 26.0 Å². The van der Waals surface area contributed by atoms with Crippen LogP contribution in [0.5, 0.6) is 0 Å². The summed E-state index contributed by atoms with van der Waals surface area (Å²) in [6.45, 7) is 5.03. The molecule has 3 heteroatoms. The Morgan fingerprint density at radius 3 is 2.61 bits per heavy atom. The minimum atomic E-state index is -0.349. The molecule has 2 rings (SSSR count). The highest BCUT2D eigenvalue weighted by Gasteiger charge is 2.37. The zero-order valence-corrected chi connectivity index (χ0v) is 11.2. The van der Waals surface area contributed by atoms with E-state index < -0.39 is 0 Å². The Morgan fingerprint density at radius 1 is 1.33 bits per heavy atom. The molecule has 0 aromatic heterocycles. The van der Waals surface area contributed by atoms with Crippen molar-refractivity contribution < 1.29 is 4.79 Å². The Labute approximate surface area is 109 Å². The van der Waals surface area contributed by atoms with Crippen LogP contribution >= 0.6 is 0 Å². The predicted molar refractivity (Wildman–Crippen MR) is 73.2 cm³/mol. The van der Waals surface area contributed by atoms with E-state index in [-0.39, 0.29) is 18.0 Å². The average molecular weight is 246 g/mol. The molecule has 1 aliphatic rings. The highest BCUT2D eigenvalue weighted by Crippen LogP contribution is 2.32. The molecule has 3 atom stereocenters. The summed E-state index contributed by atoms with van der Waals surface area (Å²) in [5.41, 5.74) is 7.28. The van der Waals surface area contributed by atoms with Crippen LogP contribution < -0.4 is 5.73 Å². The summed E-state index contributed by atoms with van der Waals surface area (Å²) in [7, 11) is 0. The average Bonchev–Trinajstić information content (AvgIpc) is 2.40. The van der Waals surface area contributed by atoms with Crippen molar-refractivity contribution >= 4 is 5.91 Å². The van der Waals surface area contributed by atoms with Gasteiger partial charge in [0.1, 0.15) is 0 Å². The van der Waals surface area contributed by atoms with Crippen LogP contribution in [0.2, 0.25) is 0 Å². The van der Waals surface area contributed by atoms with Crippen molar-refractivity contribution in [1.29, 1.82) is 0 Å². The van der Waals surface area contributed by atoms with Gasteiger partial charge in [-0.05, 0) is 25.3 Å². The molecule has 1 aromatic rings. The first-order valence-corrected chi connectivity index (χ1v) is 6.76. The molecule has 1 aliphatic heterocycles. The van der Waals surface area contributed by atoms with Gasteiger partial charge < -0.3 is 10.6 Å². The maximum Gasteiger partial charge on any atom is 0.239 e. The standard InChI is InChI=1S/C15H22N2O/c1-3-9-17-11(2)13(10-14(16)15(17)18)12-7-5-4-6-8-12/h4-8,11,13-14H,3,9-10,16H2,1-2H3/t11-,13-,14+/m1/s1. The van der Waals surface area contributed by atoms with Gasteiger partial charge in [0.2, 0.25) is 5.91 Å². The van der Waals surface area contributed by atoms with E-state index in [0.29, 0.717) is 5.92 Å².